The first-order valence-corrected chi connectivity index (χ1v) is 7.39. The average molecular weight is 305 g/mol. The van der Waals surface area contributed by atoms with E-state index >= 15 is 0 Å². The highest BCUT2D eigenvalue weighted by Gasteiger charge is 2.37. The lowest BCUT2D eigenvalue weighted by molar-refractivity contribution is 0.156. The maximum Gasteiger partial charge on any atom is 0.123 e. The molecule has 1 saturated heterocycles. The fourth-order valence-electron chi connectivity index (χ4n) is 3.08. The number of rotatable bonds is 5. The fraction of sp³-hybridized carbons (Fsp3) is 0.500. The second-order valence-electron chi connectivity index (χ2n) is 6.06. The van der Waals surface area contributed by atoms with Gasteiger partial charge in [0.2, 0.25) is 0 Å². The highest BCUT2D eigenvalue weighted by Crippen LogP contribution is 2.34. The van der Waals surface area contributed by atoms with Crippen molar-refractivity contribution in [3.63, 3.8) is 0 Å². The smallest absolute Gasteiger partial charge is 0.123 e. The lowest BCUT2D eigenvalue weighted by atomic mass is 9.79. The molecule has 1 unspecified atom stereocenters. The molecule has 22 heavy (non-hydrogen) atoms. The van der Waals surface area contributed by atoms with Crippen molar-refractivity contribution < 1.29 is 13.8 Å². The SMILES string of the molecule is Cc1nonc1CN(C)CC1(c2ccc(F)cc2)CCOC1. The van der Waals surface area contributed by atoms with Gasteiger partial charge in [-0.3, -0.25) is 4.90 Å². The molecule has 0 N–H and O–H groups in total. The Morgan fingerprint density at radius 1 is 1.27 bits per heavy atom. The van der Waals surface area contributed by atoms with Crippen LogP contribution < -0.4 is 0 Å². The molecule has 2 heterocycles. The summed E-state index contributed by atoms with van der Waals surface area (Å²) in [5, 5.41) is 7.74. The van der Waals surface area contributed by atoms with Crippen LogP contribution in [0.2, 0.25) is 0 Å². The van der Waals surface area contributed by atoms with Crippen LogP contribution in [0.15, 0.2) is 28.9 Å². The van der Waals surface area contributed by atoms with E-state index < -0.39 is 0 Å². The van der Waals surface area contributed by atoms with E-state index in [1.165, 1.54) is 12.1 Å². The first-order chi connectivity index (χ1) is 10.6. The van der Waals surface area contributed by atoms with Crippen LogP contribution in [-0.4, -0.2) is 42.0 Å². The summed E-state index contributed by atoms with van der Waals surface area (Å²) in [5.41, 5.74) is 2.67. The molecule has 1 aliphatic heterocycles. The zero-order valence-electron chi connectivity index (χ0n) is 12.9. The van der Waals surface area contributed by atoms with Gasteiger partial charge >= 0.3 is 0 Å². The molecule has 1 aromatic heterocycles. The Kier molecular flexibility index (Phi) is 4.22. The summed E-state index contributed by atoms with van der Waals surface area (Å²) in [6, 6.07) is 6.75. The minimum Gasteiger partial charge on any atom is -0.380 e. The third-order valence-corrected chi connectivity index (χ3v) is 4.30. The van der Waals surface area contributed by atoms with Crippen molar-refractivity contribution in [1.29, 1.82) is 0 Å². The van der Waals surface area contributed by atoms with Crippen molar-refractivity contribution in [1.82, 2.24) is 15.2 Å². The molecule has 0 saturated carbocycles. The number of hydrogen-bond donors (Lipinski definition) is 0. The predicted octanol–water partition coefficient (Wildman–Crippen LogP) is 2.31. The topological polar surface area (TPSA) is 51.4 Å². The average Bonchev–Trinajstić information content (AvgIpc) is 3.11. The molecule has 2 aromatic rings. The van der Waals surface area contributed by atoms with Crippen molar-refractivity contribution in [3.8, 4) is 0 Å². The Balaban J connectivity index is 1.76. The normalized spacial score (nSPS) is 21.6. The number of aryl methyl sites for hydroxylation is 1. The lowest BCUT2D eigenvalue weighted by Crippen LogP contribution is -2.39. The summed E-state index contributed by atoms with van der Waals surface area (Å²) >= 11 is 0. The van der Waals surface area contributed by atoms with Crippen LogP contribution >= 0.6 is 0 Å². The van der Waals surface area contributed by atoms with Gasteiger partial charge in [-0.15, -0.1) is 0 Å². The van der Waals surface area contributed by atoms with E-state index in [9.17, 15) is 4.39 Å². The van der Waals surface area contributed by atoms with E-state index in [1.54, 1.807) is 0 Å². The third-order valence-electron chi connectivity index (χ3n) is 4.30. The molecule has 0 bridgehead atoms. The van der Waals surface area contributed by atoms with E-state index in [2.05, 4.69) is 15.2 Å². The highest BCUT2D eigenvalue weighted by molar-refractivity contribution is 5.28. The molecule has 1 fully saturated rings. The number of nitrogens with zero attached hydrogens (tertiary/aromatic N) is 3. The molecule has 0 amide bonds. The van der Waals surface area contributed by atoms with Crippen LogP contribution in [-0.2, 0) is 16.7 Å². The number of ether oxygens (including phenoxy) is 1. The van der Waals surface area contributed by atoms with E-state index in [1.807, 2.05) is 26.1 Å². The van der Waals surface area contributed by atoms with Gasteiger partial charge in [0, 0.05) is 25.1 Å². The van der Waals surface area contributed by atoms with E-state index in [0.717, 1.165) is 36.5 Å². The first-order valence-electron chi connectivity index (χ1n) is 7.39. The number of benzene rings is 1. The summed E-state index contributed by atoms with van der Waals surface area (Å²) in [7, 11) is 2.04. The summed E-state index contributed by atoms with van der Waals surface area (Å²) in [6.07, 6.45) is 0.930. The molecule has 1 aliphatic rings. The van der Waals surface area contributed by atoms with Gasteiger partial charge in [-0.2, -0.15) is 0 Å². The molecule has 5 nitrogen and oxygen atoms in total. The van der Waals surface area contributed by atoms with Gasteiger partial charge < -0.3 is 4.74 Å². The van der Waals surface area contributed by atoms with Crippen LogP contribution in [0.5, 0.6) is 0 Å². The van der Waals surface area contributed by atoms with Crippen molar-refractivity contribution in [3.05, 3.63) is 47.0 Å². The summed E-state index contributed by atoms with van der Waals surface area (Å²) < 4.78 is 23.6. The van der Waals surface area contributed by atoms with E-state index in [0.29, 0.717) is 13.2 Å². The van der Waals surface area contributed by atoms with Crippen molar-refractivity contribution in [2.24, 2.45) is 0 Å². The van der Waals surface area contributed by atoms with Gasteiger partial charge in [0.15, 0.2) is 0 Å². The number of likely N-dealkylation sites (N-methyl/N-ethyl adjacent to an activating group) is 1. The molecule has 0 aliphatic carbocycles. The first kappa shape index (κ1) is 15.1. The van der Waals surface area contributed by atoms with Crippen LogP contribution in [0.3, 0.4) is 0 Å². The molecule has 6 heteroatoms. The van der Waals surface area contributed by atoms with Crippen molar-refractivity contribution >= 4 is 0 Å². The zero-order chi connectivity index (χ0) is 15.6. The number of hydrogen-bond acceptors (Lipinski definition) is 5. The molecule has 118 valence electrons. The molecule has 0 spiro atoms. The minimum absolute atomic E-state index is 0.104. The van der Waals surface area contributed by atoms with Crippen LogP contribution in [0.25, 0.3) is 0 Å². The van der Waals surface area contributed by atoms with Gasteiger partial charge in [0.1, 0.15) is 17.2 Å². The fourth-order valence-corrected chi connectivity index (χ4v) is 3.08. The monoisotopic (exact) mass is 305 g/mol. The highest BCUT2D eigenvalue weighted by atomic mass is 19.1. The van der Waals surface area contributed by atoms with Crippen LogP contribution in [0.1, 0.15) is 23.4 Å². The van der Waals surface area contributed by atoms with Gasteiger partial charge in [0.05, 0.1) is 6.61 Å². The third kappa shape index (κ3) is 3.03. The second-order valence-corrected chi connectivity index (χ2v) is 6.06. The molecule has 1 atom stereocenters. The number of halogens is 1. The zero-order valence-corrected chi connectivity index (χ0v) is 12.9. The second kappa shape index (κ2) is 6.14. The lowest BCUT2D eigenvalue weighted by Gasteiger charge is -2.32. The summed E-state index contributed by atoms with van der Waals surface area (Å²) in [4.78, 5) is 2.19. The Labute approximate surface area is 129 Å². The Bertz CT molecular complexity index is 621. The summed E-state index contributed by atoms with van der Waals surface area (Å²) in [5.74, 6) is -0.213. The van der Waals surface area contributed by atoms with Gasteiger partial charge in [-0.25, -0.2) is 9.02 Å². The van der Waals surface area contributed by atoms with Gasteiger partial charge in [-0.1, -0.05) is 22.4 Å². The largest absolute Gasteiger partial charge is 0.380 e. The molecule has 3 rings (SSSR count). The Hall–Kier alpha value is -1.79. The van der Waals surface area contributed by atoms with Crippen LogP contribution in [0, 0.1) is 12.7 Å². The van der Waals surface area contributed by atoms with Crippen LogP contribution in [0.4, 0.5) is 4.39 Å². The number of aromatic nitrogens is 2. The molecular weight excluding hydrogens is 285 g/mol. The molecule has 1 aromatic carbocycles. The Morgan fingerprint density at radius 3 is 2.64 bits per heavy atom. The molecule has 0 radical (unpaired) electrons. The predicted molar refractivity (Wildman–Crippen MR) is 78.9 cm³/mol. The van der Waals surface area contributed by atoms with E-state index in [-0.39, 0.29) is 11.2 Å². The maximum absolute atomic E-state index is 13.2. The van der Waals surface area contributed by atoms with Gasteiger partial charge in [0.25, 0.3) is 0 Å². The van der Waals surface area contributed by atoms with Gasteiger partial charge in [-0.05, 0) is 38.1 Å². The van der Waals surface area contributed by atoms with Crippen molar-refractivity contribution in [2.75, 3.05) is 26.8 Å². The van der Waals surface area contributed by atoms with Crippen molar-refractivity contribution in [2.45, 2.75) is 25.3 Å². The molecular formula is C16H20FN3O2. The Morgan fingerprint density at radius 2 is 2.05 bits per heavy atom. The summed E-state index contributed by atoms with van der Waals surface area (Å²) in [6.45, 7) is 4.74. The maximum atomic E-state index is 13.2. The standard InChI is InChI=1S/C16H20FN3O2/c1-12-15(19-22-18-12)9-20(2)10-16(7-8-21-11-16)13-3-5-14(17)6-4-13/h3-6H,7-11H2,1-2H3. The minimum atomic E-state index is -0.213. The van der Waals surface area contributed by atoms with E-state index in [4.69, 9.17) is 9.37 Å². The quantitative estimate of drug-likeness (QED) is 0.848.